The van der Waals surface area contributed by atoms with E-state index < -0.39 is 23.1 Å². The summed E-state index contributed by atoms with van der Waals surface area (Å²) in [6.45, 7) is 3.46. The smallest absolute Gasteiger partial charge is 0.228 e. The highest BCUT2D eigenvalue weighted by molar-refractivity contribution is 5.92. The maximum absolute atomic E-state index is 11.3. The van der Waals surface area contributed by atoms with Crippen molar-refractivity contribution in [2.45, 2.75) is 13.8 Å². The van der Waals surface area contributed by atoms with Gasteiger partial charge in [-0.05, 0) is 13.8 Å². The fraction of sp³-hybridized carbons (Fsp3) is 0.400. The van der Waals surface area contributed by atoms with E-state index in [1.807, 2.05) is 6.92 Å². The lowest BCUT2D eigenvalue weighted by molar-refractivity contribution is -0.133. The predicted molar refractivity (Wildman–Crippen MR) is 52.9 cm³/mol. The average molecular weight is 194 g/mol. The molecule has 1 aliphatic rings. The highest BCUT2D eigenvalue weighted by Gasteiger charge is 2.41. The Labute approximate surface area is 82.6 Å². The first-order valence-electron chi connectivity index (χ1n) is 4.35. The monoisotopic (exact) mass is 194 g/mol. The average Bonchev–Trinajstić information content (AvgIpc) is 2.02. The van der Waals surface area contributed by atoms with E-state index in [1.54, 1.807) is 25.2 Å². The Hall–Kier alpha value is -1.58. The number of primary amides is 2. The fourth-order valence-electron chi connectivity index (χ4n) is 1.67. The highest BCUT2D eigenvalue weighted by Crippen LogP contribution is 2.34. The van der Waals surface area contributed by atoms with E-state index in [9.17, 15) is 9.59 Å². The number of carbonyl (C=O) groups excluding carboxylic acids is 2. The summed E-state index contributed by atoms with van der Waals surface area (Å²) in [6, 6.07) is 0. The van der Waals surface area contributed by atoms with Crippen LogP contribution in [0.1, 0.15) is 13.8 Å². The van der Waals surface area contributed by atoms with Gasteiger partial charge in [-0.1, -0.05) is 23.8 Å². The van der Waals surface area contributed by atoms with Gasteiger partial charge in [-0.25, -0.2) is 0 Å². The number of carbonyl (C=O) groups is 2. The van der Waals surface area contributed by atoms with Crippen molar-refractivity contribution in [1.29, 1.82) is 0 Å². The number of rotatable bonds is 2. The molecule has 0 aromatic heterocycles. The first-order chi connectivity index (χ1) is 6.38. The molecule has 4 heteroatoms. The largest absolute Gasteiger partial charge is 0.369 e. The van der Waals surface area contributed by atoms with Crippen LogP contribution in [0.2, 0.25) is 0 Å². The zero-order chi connectivity index (χ0) is 10.9. The van der Waals surface area contributed by atoms with Gasteiger partial charge in [0.15, 0.2) is 0 Å². The molecule has 0 fully saturated rings. The molecule has 0 spiro atoms. The van der Waals surface area contributed by atoms with Gasteiger partial charge in [0.1, 0.15) is 0 Å². The topological polar surface area (TPSA) is 86.2 Å². The molecule has 1 aliphatic carbocycles. The van der Waals surface area contributed by atoms with Crippen LogP contribution in [-0.4, -0.2) is 11.8 Å². The molecule has 0 heterocycles. The second-order valence-electron chi connectivity index (χ2n) is 3.77. The summed E-state index contributed by atoms with van der Waals surface area (Å²) in [4.78, 5) is 22.4. The zero-order valence-electron chi connectivity index (χ0n) is 8.28. The van der Waals surface area contributed by atoms with Gasteiger partial charge in [0, 0.05) is 0 Å². The van der Waals surface area contributed by atoms with Gasteiger partial charge in [-0.15, -0.1) is 0 Å². The Morgan fingerprint density at radius 3 is 2.43 bits per heavy atom. The fourth-order valence-corrected chi connectivity index (χ4v) is 1.67. The highest BCUT2D eigenvalue weighted by atomic mass is 16.2. The molecule has 2 unspecified atom stereocenters. The predicted octanol–water partition coefficient (Wildman–Crippen LogP) is 0.0956. The lowest BCUT2D eigenvalue weighted by atomic mass is 9.72. The van der Waals surface area contributed by atoms with Crippen molar-refractivity contribution >= 4 is 11.8 Å². The van der Waals surface area contributed by atoms with Crippen LogP contribution in [0.4, 0.5) is 0 Å². The van der Waals surface area contributed by atoms with Gasteiger partial charge in [0.25, 0.3) is 0 Å². The van der Waals surface area contributed by atoms with Crippen LogP contribution in [0, 0.1) is 11.3 Å². The van der Waals surface area contributed by atoms with E-state index in [0.29, 0.717) is 0 Å². The molecule has 0 aromatic rings. The van der Waals surface area contributed by atoms with Crippen molar-refractivity contribution in [1.82, 2.24) is 0 Å². The Balaban J connectivity index is 3.17. The van der Waals surface area contributed by atoms with Crippen molar-refractivity contribution in [3.8, 4) is 0 Å². The van der Waals surface area contributed by atoms with Crippen LogP contribution in [0.25, 0.3) is 0 Å². The van der Waals surface area contributed by atoms with Gasteiger partial charge in [-0.2, -0.15) is 0 Å². The minimum absolute atomic E-state index is 0.536. The summed E-state index contributed by atoms with van der Waals surface area (Å²) in [7, 11) is 0. The van der Waals surface area contributed by atoms with Crippen LogP contribution >= 0.6 is 0 Å². The lowest BCUT2D eigenvalue weighted by Gasteiger charge is -2.31. The molecule has 0 bridgehead atoms. The number of nitrogens with two attached hydrogens (primary N) is 2. The van der Waals surface area contributed by atoms with Gasteiger partial charge in [0.2, 0.25) is 11.8 Å². The molecule has 0 saturated carbocycles. The Morgan fingerprint density at radius 1 is 1.43 bits per heavy atom. The summed E-state index contributed by atoms with van der Waals surface area (Å²) >= 11 is 0. The second-order valence-corrected chi connectivity index (χ2v) is 3.77. The van der Waals surface area contributed by atoms with Crippen molar-refractivity contribution < 1.29 is 9.59 Å². The van der Waals surface area contributed by atoms with Crippen LogP contribution < -0.4 is 11.5 Å². The first kappa shape index (κ1) is 10.5. The van der Waals surface area contributed by atoms with Gasteiger partial charge >= 0.3 is 0 Å². The van der Waals surface area contributed by atoms with Gasteiger partial charge in [-0.3, -0.25) is 9.59 Å². The van der Waals surface area contributed by atoms with Crippen LogP contribution in [0.5, 0.6) is 0 Å². The van der Waals surface area contributed by atoms with Crippen molar-refractivity contribution in [2.75, 3.05) is 0 Å². The quantitative estimate of drug-likeness (QED) is 0.653. The van der Waals surface area contributed by atoms with Gasteiger partial charge < -0.3 is 11.5 Å². The van der Waals surface area contributed by atoms with Gasteiger partial charge in [0.05, 0.1) is 11.3 Å². The molecular weight excluding hydrogens is 180 g/mol. The summed E-state index contributed by atoms with van der Waals surface area (Å²) in [5.74, 6) is -1.72. The molecule has 4 N–H and O–H groups in total. The third-order valence-electron chi connectivity index (χ3n) is 2.56. The minimum Gasteiger partial charge on any atom is -0.369 e. The molecule has 0 aliphatic heterocycles. The molecule has 14 heavy (non-hydrogen) atoms. The minimum atomic E-state index is -0.995. The summed E-state index contributed by atoms with van der Waals surface area (Å²) < 4.78 is 0. The third kappa shape index (κ3) is 1.55. The second kappa shape index (κ2) is 3.29. The standard InChI is InChI=1S/C10H14N2O2/c1-6-3-4-7(8(11)13)10(2,5-6)9(12)14/h3-5,7H,1-2H3,(H2,11,13)(H2,12,14). The van der Waals surface area contributed by atoms with E-state index in [4.69, 9.17) is 11.5 Å². The van der Waals surface area contributed by atoms with E-state index >= 15 is 0 Å². The zero-order valence-corrected chi connectivity index (χ0v) is 8.28. The molecular formula is C10H14N2O2. The molecule has 2 atom stereocenters. The van der Waals surface area contributed by atoms with Crippen LogP contribution in [0.3, 0.4) is 0 Å². The van der Waals surface area contributed by atoms with E-state index in [-0.39, 0.29) is 0 Å². The van der Waals surface area contributed by atoms with Crippen molar-refractivity contribution in [3.05, 3.63) is 23.8 Å². The first-order valence-corrected chi connectivity index (χ1v) is 4.35. The molecule has 0 saturated heterocycles. The number of amides is 2. The summed E-state index contributed by atoms with van der Waals surface area (Å²) in [6.07, 6.45) is 5.08. The Kier molecular flexibility index (Phi) is 2.47. The lowest BCUT2D eigenvalue weighted by Crippen LogP contribution is -2.45. The third-order valence-corrected chi connectivity index (χ3v) is 2.56. The molecule has 2 amide bonds. The van der Waals surface area contributed by atoms with E-state index in [2.05, 4.69) is 0 Å². The van der Waals surface area contributed by atoms with Crippen molar-refractivity contribution in [3.63, 3.8) is 0 Å². The molecule has 4 nitrogen and oxygen atoms in total. The SMILES string of the molecule is CC1=CC(C)(C(N)=O)C(C(N)=O)C=C1. The van der Waals surface area contributed by atoms with Crippen molar-refractivity contribution in [2.24, 2.45) is 22.8 Å². The maximum Gasteiger partial charge on any atom is 0.228 e. The maximum atomic E-state index is 11.3. The summed E-state index contributed by atoms with van der Waals surface area (Å²) in [5, 5.41) is 0. The molecule has 76 valence electrons. The van der Waals surface area contributed by atoms with Crippen LogP contribution in [-0.2, 0) is 9.59 Å². The molecule has 0 radical (unpaired) electrons. The van der Waals surface area contributed by atoms with E-state index in [1.165, 1.54) is 0 Å². The number of hydrogen-bond donors (Lipinski definition) is 2. The van der Waals surface area contributed by atoms with E-state index in [0.717, 1.165) is 5.57 Å². The number of allylic oxidation sites excluding steroid dienone is 2. The molecule has 0 aromatic carbocycles. The Bertz CT molecular complexity index is 344. The normalized spacial score (nSPS) is 31.0. The number of hydrogen-bond acceptors (Lipinski definition) is 2. The summed E-state index contributed by atoms with van der Waals surface area (Å²) in [5.41, 5.74) is 10.4. The molecule has 1 rings (SSSR count). The Morgan fingerprint density at radius 2 is 2.00 bits per heavy atom. The van der Waals surface area contributed by atoms with Crippen LogP contribution in [0.15, 0.2) is 23.8 Å².